The number of aliphatic carboxylic acids is 1. The van der Waals surface area contributed by atoms with Crippen molar-refractivity contribution in [2.45, 2.75) is 31.5 Å². The number of carboxylic acid groups (broad SMARTS) is 1. The lowest BCUT2D eigenvalue weighted by atomic mass is 10.1. The number of rotatable bonds is 6. The average molecular weight is 219 g/mol. The van der Waals surface area contributed by atoms with Crippen LogP contribution < -0.4 is 16.8 Å². The number of hydrogen-bond donors (Lipinski definition) is 5. The van der Waals surface area contributed by atoms with Crippen molar-refractivity contribution in [3.8, 4) is 0 Å². The lowest BCUT2D eigenvalue weighted by Gasteiger charge is -2.18. The van der Waals surface area contributed by atoms with E-state index in [9.17, 15) is 9.59 Å². The molecule has 0 saturated heterocycles. The molecule has 0 bridgehead atoms. The van der Waals surface area contributed by atoms with Gasteiger partial charge in [-0.25, -0.2) is 4.79 Å². The molecule has 3 atom stereocenters. The maximum atomic E-state index is 11.3. The third-order valence-corrected chi connectivity index (χ3v) is 1.89. The molecule has 0 saturated carbocycles. The fourth-order valence-corrected chi connectivity index (χ4v) is 0.911. The van der Waals surface area contributed by atoms with Gasteiger partial charge in [-0.05, 0) is 19.9 Å². The number of carbonyl (C=O) groups excluding carboxylic acids is 1. The molecular formula is C8H17N3O4. The Kier molecular flexibility index (Phi) is 5.83. The van der Waals surface area contributed by atoms with Crippen molar-refractivity contribution in [3.63, 3.8) is 0 Å². The van der Waals surface area contributed by atoms with E-state index in [1.54, 1.807) is 0 Å². The molecule has 0 aliphatic rings. The zero-order valence-electron chi connectivity index (χ0n) is 8.51. The van der Waals surface area contributed by atoms with Crippen LogP contribution in [0.4, 0.5) is 0 Å². The molecule has 0 rings (SSSR count). The first-order valence-corrected chi connectivity index (χ1v) is 4.57. The fourth-order valence-electron chi connectivity index (χ4n) is 0.911. The minimum atomic E-state index is -1.17. The standard InChI is InChI=1S/C8H17N3O4/c1-4(12)6(10)7(13)11-5(2-3-9)8(14)15/h4-6,12H,2-3,9-10H2,1H3,(H,11,13)(H,14,15)/t4-,5+,6+/m1/s1. The molecule has 0 aliphatic heterocycles. The molecule has 0 unspecified atom stereocenters. The van der Waals surface area contributed by atoms with E-state index in [4.69, 9.17) is 21.7 Å². The van der Waals surface area contributed by atoms with Crippen molar-refractivity contribution < 1.29 is 19.8 Å². The normalized spacial score (nSPS) is 16.5. The first-order chi connectivity index (χ1) is 6.90. The van der Waals surface area contributed by atoms with Crippen LogP contribution in [-0.2, 0) is 9.59 Å². The number of nitrogens with two attached hydrogens (primary N) is 2. The summed E-state index contributed by atoms with van der Waals surface area (Å²) in [6.45, 7) is 1.49. The van der Waals surface area contributed by atoms with Crippen LogP contribution in [0.1, 0.15) is 13.3 Å². The molecule has 0 fully saturated rings. The molecule has 0 aromatic heterocycles. The Balaban J connectivity index is 4.28. The molecule has 1 amide bonds. The zero-order chi connectivity index (χ0) is 12.0. The van der Waals surface area contributed by atoms with Crippen molar-refractivity contribution in [1.82, 2.24) is 5.32 Å². The Morgan fingerprint density at radius 1 is 1.47 bits per heavy atom. The number of nitrogens with one attached hydrogen (secondary N) is 1. The second-order valence-corrected chi connectivity index (χ2v) is 3.24. The summed E-state index contributed by atoms with van der Waals surface area (Å²) in [6, 6.07) is -2.20. The third-order valence-electron chi connectivity index (χ3n) is 1.89. The van der Waals surface area contributed by atoms with Crippen LogP contribution in [0.25, 0.3) is 0 Å². The minimum Gasteiger partial charge on any atom is -0.480 e. The maximum Gasteiger partial charge on any atom is 0.326 e. The van der Waals surface area contributed by atoms with E-state index in [0.29, 0.717) is 0 Å². The highest BCUT2D eigenvalue weighted by atomic mass is 16.4. The number of aliphatic hydroxyl groups excluding tert-OH is 1. The Labute approximate surface area is 87.4 Å². The average Bonchev–Trinajstić information content (AvgIpc) is 2.15. The van der Waals surface area contributed by atoms with Crippen molar-refractivity contribution >= 4 is 11.9 Å². The molecule has 0 aromatic carbocycles. The first-order valence-electron chi connectivity index (χ1n) is 4.57. The minimum absolute atomic E-state index is 0.119. The highest BCUT2D eigenvalue weighted by Gasteiger charge is 2.24. The highest BCUT2D eigenvalue weighted by molar-refractivity contribution is 5.87. The smallest absolute Gasteiger partial charge is 0.326 e. The second-order valence-electron chi connectivity index (χ2n) is 3.24. The summed E-state index contributed by atoms with van der Waals surface area (Å²) in [5, 5.41) is 19.9. The number of carboxylic acids is 1. The number of carbonyl (C=O) groups is 2. The number of aliphatic hydroxyl groups is 1. The second kappa shape index (κ2) is 6.33. The fraction of sp³-hybridized carbons (Fsp3) is 0.750. The number of amides is 1. The van der Waals surface area contributed by atoms with E-state index in [0.717, 1.165) is 0 Å². The molecule has 0 heterocycles. The quantitative estimate of drug-likeness (QED) is 0.338. The molecule has 0 aliphatic carbocycles. The van der Waals surface area contributed by atoms with Gasteiger partial charge in [0.05, 0.1) is 6.10 Å². The summed E-state index contributed by atoms with van der Waals surface area (Å²) >= 11 is 0. The Morgan fingerprint density at radius 3 is 2.33 bits per heavy atom. The summed E-state index contributed by atoms with van der Waals surface area (Å²) < 4.78 is 0. The van der Waals surface area contributed by atoms with E-state index in [1.807, 2.05) is 0 Å². The SMILES string of the molecule is C[C@@H](O)[C@H](N)C(=O)N[C@@H](CCN)C(=O)O. The predicted octanol–water partition coefficient (Wildman–Crippen LogP) is -2.39. The first kappa shape index (κ1) is 13.8. The van der Waals surface area contributed by atoms with Crippen LogP contribution in [0, 0.1) is 0 Å². The summed E-state index contributed by atoms with van der Waals surface area (Å²) in [5.74, 6) is -1.88. The molecule has 0 radical (unpaired) electrons. The molecule has 0 spiro atoms. The third kappa shape index (κ3) is 4.73. The Hall–Kier alpha value is -1.18. The summed E-state index contributed by atoms with van der Waals surface area (Å²) in [6.07, 6.45) is -0.912. The molecular weight excluding hydrogens is 202 g/mol. The molecule has 7 N–H and O–H groups in total. The van der Waals surface area contributed by atoms with Crippen molar-refractivity contribution in [2.75, 3.05) is 6.54 Å². The van der Waals surface area contributed by atoms with Crippen molar-refractivity contribution in [1.29, 1.82) is 0 Å². The van der Waals surface area contributed by atoms with Gasteiger partial charge in [-0.2, -0.15) is 0 Å². The van der Waals surface area contributed by atoms with Gasteiger partial charge in [-0.15, -0.1) is 0 Å². The molecule has 7 heteroatoms. The zero-order valence-corrected chi connectivity index (χ0v) is 8.51. The van der Waals surface area contributed by atoms with E-state index in [1.165, 1.54) is 6.92 Å². The van der Waals surface area contributed by atoms with Gasteiger partial charge in [-0.3, -0.25) is 4.79 Å². The van der Waals surface area contributed by atoms with Crippen LogP contribution in [-0.4, -0.2) is 46.8 Å². The van der Waals surface area contributed by atoms with Gasteiger partial charge in [0.2, 0.25) is 5.91 Å². The summed E-state index contributed by atoms with van der Waals surface area (Å²) in [4.78, 5) is 21.9. The molecule has 0 aromatic rings. The van der Waals surface area contributed by atoms with Gasteiger partial charge in [0, 0.05) is 0 Å². The number of hydrogen-bond acceptors (Lipinski definition) is 5. The van der Waals surface area contributed by atoms with Gasteiger partial charge in [0.25, 0.3) is 0 Å². The maximum absolute atomic E-state index is 11.3. The van der Waals surface area contributed by atoms with Gasteiger partial charge >= 0.3 is 5.97 Å². The lowest BCUT2D eigenvalue weighted by Crippen LogP contribution is -2.52. The summed E-state index contributed by atoms with van der Waals surface area (Å²) in [7, 11) is 0. The van der Waals surface area contributed by atoms with Crippen molar-refractivity contribution in [3.05, 3.63) is 0 Å². The van der Waals surface area contributed by atoms with E-state index in [2.05, 4.69) is 5.32 Å². The van der Waals surface area contributed by atoms with Crippen LogP contribution in [0.5, 0.6) is 0 Å². The van der Waals surface area contributed by atoms with Gasteiger partial charge in [0.1, 0.15) is 12.1 Å². The van der Waals surface area contributed by atoms with Gasteiger partial charge in [0.15, 0.2) is 0 Å². The van der Waals surface area contributed by atoms with Crippen molar-refractivity contribution in [2.24, 2.45) is 11.5 Å². The largest absolute Gasteiger partial charge is 0.480 e. The predicted molar refractivity (Wildman–Crippen MR) is 52.9 cm³/mol. The van der Waals surface area contributed by atoms with E-state index in [-0.39, 0.29) is 13.0 Å². The van der Waals surface area contributed by atoms with Crippen LogP contribution in [0.2, 0.25) is 0 Å². The van der Waals surface area contributed by atoms with Crippen LogP contribution in [0.15, 0.2) is 0 Å². The summed E-state index contributed by atoms with van der Waals surface area (Å²) in [5.41, 5.74) is 10.5. The Morgan fingerprint density at radius 2 is 2.00 bits per heavy atom. The lowest BCUT2D eigenvalue weighted by molar-refractivity contribution is -0.142. The Bertz CT molecular complexity index is 232. The molecule has 88 valence electrons. The highest BCUT2D eigenvalue weighted by Crippen LogP contribution is 1.94. The molecule has 7 nitrogen and oxygen atoms in total. The topological polar surface area (TPSA) is 139 Å². The van der Waals surface area contributed by atoms with Gasteiger partial charge < -0.3 is 27.0 Å². The van der Waals surface area contributed by atoms with Crippen LogP contribution >= 0.6 is 0 Å². The van der Waals surface area contributed by atoms with E-state index < -0.39 is 30.1 Å². The molecule has 15 heavy (non-hydrogen) atoms. The monoisotopic (exact) mass is 219 g/mol. The van der Waals surface area contributed by atoms with Gasteiger partial charge in [-0.1, -0.05) is 0 Å². The van der Waals surface area contributed by atoms with E-state index >= 15 is 0 Å². The van der Waals surface area contributed by atoms with Crippen LogP contribution in [0.3, 0.4) is 0 Å².